The van der Waals surface area contributed by atoms with Crippen molar-refractivity contribution in [2.75, 3.05) is 5.32 Å². The quantitative estimate of drug-likeness (QED) is 0.329. The van der Waals surface area contributed by atoms with Crippen LogP contribution >= 0.6 is 39.1 Å². The summed E-state index contributed by atoms with van der Waals surface area (Å²) < 4.78 is 0.983. The maximum absolute atomic E-state index is 12.3. The van der Waals surface area contributed by atoms with Gasteiger partial charge in [-0.2, -0.15) is 5.10 Å². The summed E-state index contributed by atoms with van der Waals surface area (Å²) in [6, 6.07) is 20.4. The van der Waals surface area contributed by atoms with Crippen LogP contribution in [0, 0.1) is 0 Å². The molecule has 0 aliphatic carbocycles. The molecule has 0 unspecified atom stereocenters. The minimum atomic E-state index is -0.229. The second-order valence-electron chi connectivity index (χ2n) is 5.90. The van der Waals surface area contributed by atoms with Crippen molar-refractivity contribution in [3.05, 3.63) is 92.4 Å². The Kier molecular flexibility index (Phi) is 7.09. The van der Waals surface area contributed by atoms with Crippen molar-refractivity contribution >= 4 is 62.6 Å². The van der Waals surface area contributed by atoms with Gasteiger partial charge in [0.2, 0.25) is 5.91 Å². The number of para-hydroxylation sites is 2. The Labute approximate surface area is 181 Å². The highest BCUT2D eigenvalue weighted by atomic mass is 79.9. The van der Waals surface area contributed by atoms with Crippen LogP contribution in [0.15, 0.2) is 76.3 Å². The van der Waals surface area contributed by atoms with Gasteiger partial charge in [0.25, 0.3) is 0 Å². The van der Waals surface area contributed by atoms with E-state index in [1.165, 1.54) is 0 Å². The van der Waals surface area contributed by atoms with E-state index in [0.717, 1.165) is 21.3 Å². The van der Waals surface area contributed by atoms with Crippen LogP contribution in [0.25, 0.3) is 0 Å². The fourth-order valence-electron chi connectivity index (χ4n) is 2.49. The number of hydrazone groups is 1. The zero-order chi connectivity index (χ0) is 19.9. The molecule has 0 aliphatic heterocycles. The SMILES string of the molecule is O=C(Cc1ccccc1Nc1c(Cl)cccc1Cl)N/N=C/c1ccc(Br)cc1. The molecule has 0 saturated heterocycles. The molecule has 7 heteroatoms. The van der Waals surface area contributed by atoms with Crippen LogP contribution in [-0.2, 0) is 11.2 Å². The summed E-state index contributed by atoms with van der Waals surface area (Å²) in [5.41, 5.74) is 5.59. The number of carbonyl (C=O) groups is 1. The molecule has 0 saturated carbocycles. The third kappa shape index (κ3) is 5.58. The minimum absolute atomic E-state index is 0.156. The van der Waals surface area contributed by atoms with E-state index in [1.54, 1.807) is 24.4 Å². The van der Waals surface area contributed by atoms with E-state index in [1.807, 2.05) is 48.5 Å². The molecule has 142 valence electrons. The molecule has 28 heavy (non-hydrogen) atoms. The first-order valence-electron chi connectivity index (χ1n) is 8.39. The summed E-state index contributed by atoms with van der Waals surface area (Å²) in [4.78, 5) is 12.3. The van der Waals surface area contributed by atoms with Gasteiger partial charge < -0.3 is 5.32 Å². The average molecular weight is 477 g/mol. The number of nitrogens with one attached hydrogen (secondary N) is 2. The zero-order valence-corrected chi connectivity index (χ0v) is 17.7. The smallest absolute Gasteiger partial charge is 0.244 e. The number of hydrogen-bond donors (Lipinski definition) is 2. The predicted molar refractivity (Wildman–Crippen MR) is 120 cm³/mol. The lowest BCUT2D eigenvalue weighted by molar-refractivity contribution is -0.120. The highest BCUT2D eigenvalue weighted by Crippen LogP contribution is 2.33. The lowest BCUT2D eigenvalue weighted by Crippen LogP contribution is -2.20. The largest absolute Gasteiger partial charge is 0.353 e. The van der Waals surface area contributed by atoms with Crippen molar-refractivity contribution < 1.29 is 4.79 Å². The Bertz CT molecular complexity index is 987. The summed E-state index contributed by atoms with van der Waals surface area (Å²) in [6.45, 7) is 0. The van der Waals surface area contributed by atoms with Crippen LogP contribution in [0.3, 0.4) is 0 Å². The normalized spacial score (nSPS) is 10.8. The number of rotatable bonds is 6. The summed E-state index contributed by atoms with van der Waals surface area (Å²) in [5.74, 6) is -0.229. The third-order valence-electron chi connectivity index (χ3n) is 3.86. The van der Waals surface area contributed by atoms with Crippen molar-refractivity contribution in [3.63, 3.8) is 0 Å². The van der Waals surface area contributed by atoms with Gasteiger partial charge in [-0.05, 0) is 41.5 Å². The Morgan fingerprint density at radius 2 is 1.64 bits per heavy atom. The van der Waals surface area contributed by atoms with Crippen molar-refractivity contribution in [1.29, 1.82) is 0 Å². The number of carbonyl (C=O) groups excluding carboxylic acids is 1. The molecule has 0 atom stereocenters. The minimum Gasteiger partial charge on any atom is -0.353 e. The molecule has 3 aromatic rings. The fourth-order valence-corrected chi connectivity index (χ4v) is 3.24. The monoisotopic (exact) mass is 475 g/mol. The van der Waals surface area contributed by atoms with E-state index < -0.39 is 0 Å². The molecule has 0 fully saturated rings. The van der Waals surface area contributed by atoms with Crippen molar-refractivity contribution in [2.45, 2.75) is 6.42 Å². The first kappa shape index (κ1) is 20.4. The summed E-state index contributed by atoms with van der Waals surface area (Å²) in [7, 11) is 0. The maximum atomic E-state index is 12.3. The molecular weight excluding hydrogens is 461 g/mol. The number of amides is 1. The van der Waals surface area contributed by atoms with Gasteiger partial charge in [0.05, 0.1) is 28.4 Å². The van der Waals surface area contributed by atoms with E-state index in [0.29, 0.717) is 15.7 Å². The van der Waals surface area contributed by atoms with Gasteiger partial charge in [-0.3, -0.25) is 4.79 Å². The zero-order valence-electron chi connectivity index (χ0n) is 14.6. The van der Waals surface area contributed by atoms with Crippen LogP contribution in [0.2, 0.25) is 10.0 Å². The predicted octanol–water partition coefficient (Wildman–Crippen LogP) is 6.19. The Hall–Kier alpha value is -2.34. The molecule has 2 N–H and O–H groups in total. The van der Waals surface area contributed by atoms with E-state index >= 15 is 0 Å². The third-order valence-corrected chi connectivity index (χ3v) is 5.02. The molecule has 3 aromatic carbocycles. The van der Waals surface area contributed by atoms with Crippen molar-refractivity contribution in [2.24, 2.45) is 5.10 Å². The Balaban J connectivity index is 1.67. The lowest BCUT2D eigenvalue weighted by atomic mass is 10.1. The molecular formula is C21H16BrCl2N3O. The maximum Gasteiger partial charge on any atom is 0.244 e. The topological polar surface area (TPSA) is 53.5 Å². The van der Waals surface area contributed by atoms with E-state index in [4.69, 9.17) is 23.2 Å². The van der Waals surface area contributed by atoms with Crippen LogP contribution in [0.5, 0.6) is 0 Å². The number of anilines is 2. The second-order valence-corrected chi connectivity index (χ2v) is 7.63. The summed E-state index contributed by atoms with van der Waals surface area (Å²) in [5, 5.41) is 8.23. The van der Waals surface area contributed by atoms with Gasteiger partial charge >= 0.3 is 0 Å². The molecule has 0 spiro atoms. The molecule has 0 aliphatic rings. The number of hydrogen-bond acceptors (Lipinski definition) is 3. The molecule has 4 nitrogen and oxygen atoms in total. The molecule has 0 aromatic heterocycles. The van der Waals surface area contributed by atoms with Crippen LogP contribution in [0.1, 0.15) is 11.1 Å². The first-order chi connectivity index (χ1) is 13.5. The lowest BCUT2D eigenvalue weighted by Gasteiger charge is -2.14. The molecule has 0 heterocycles. The van der Waals surface area contributed by atoms with E-state index in [-0.39, 0.29) is 12.3 Å². The summed E-state index contributed by atoms with van der Waals surface area (Å²) >= 11 is 15.8. The van der Waals surface area contributed by atoms with Gasteiger partial charge in [-0.15, -0.1) is 0 Å². The van der Waals surface area contributed by atoms with Gasteiger partial charge in [0.15, 0.2) is 0 Å². The second kappa shape index (κ2) is 9.73. The van der Waals surface area contributed by atoms with Gasteiger partial charge in [-0.25, -0.2) is 5.43 Å². The number of nitrogens with zero attached hydrogens (tertiary/aromatic N) is 1. The van der Waals surface area contributed by atoms with Crippen LogP contribution < -0.4 is 10.7 Å². The molecule has 0 radical (unpaired) electrons. The van der Waals surface area contributed by atoms with Gasteiger partial charge in [0, 0.05) is 10.2 Å². The Morgan fingerprint density at radius 3 is 2.36 bits per heavy atom. The van der Waals surface area contributed by atoms with Crippen LogP contribution in [0.4, 0.5) is 11.4 Å². The average Bonchev–Trinajstić information content (AvgIpc) is 2.68. The highest BCUT2D eigenvalue weighted by Gasteiger charge is 2.11. The van der Waals surface area contributed by atoms with Gasteiger partial charge in [-0.1, -0.05) is 75.5 Å². The van der Waals surface area contributed by atoms with Crippen LogP contribution in [-0.4, -0.2) is 12.1 Å². The first-order valence-corrected chi connectivity index (χ1v) is 9.94. The standard InChI is InChI=1S/C21H16BrCl2N3O/c22-16-10-8-14(9-11-16)13-25-27-20(28)12-15-4-1-2-7-19(15)26-21-17(23)5-3-6-18(21)24/h1-11,13,26H,12H2,(H,27,28)/b25-13+. The number of halogens is 3. The van der Waals surface area contributed by atoms with Crippen molar-refractivity contribution in [1.82, 2.24) is 5.43 Å². The molecule has 1 amide bonds. The van der Waals surface area contributed by atoms with Gasteiger partial charge in [0.1, 0.15) is 0 Å². The molecule has 3 rings (SSSR count). The Morgan fingerprint density at radius 1 is 0.964 bits per heavy atom. The van der Waals surface area contributed by atoms with Crippen molar-refractivity contribution in [3.8, 4) is 0 Å². The van der Waals surface area contributed by atoms with E-state index in [9.17, 15) is 4.79 Å². The highest BCUT2D eigenvalue weighted by molar-refractivity contribution is 9.10. The number of benzene rings is 3. The van der Waals surface area contributed by atoms with E-state index in [2.05, 4.69) is 31.8 Å². The molecule has 0 bridgehead atoms. The summed E-state index contributed by atoms with van der Waals surface area (Å²) in [6.07, 6.45) is 1.75. The fraction of sp³-hybridized carbons (Fsp3) is 0.0476.